The standard InChI is InChI=1S/C19H32N6O2/c1-6-15-14(16(7-2)26-24-15)12-22-19(20-8-3)21-11-9-10-17-23-18(13(4)5)25-27-17/h13H,6-12H2,1-5H3,(H2,20,21,22). The van der Waals surface area contributed by atoms with Crippen molar-refractivity contribution in [2.24, 2.45) is 4.99 Å². The van der Waals surface area contributed by atoms with Gasteiger partial charge in [0.15, 0.2) is 11.8 Å². The van der Waals surface area contributed by atoms with Crippen LogP contribution < -0.4 is 10.6 Å². The molecule has 2 heterocycles. The number of nitrogens with one attached hydrogen (secondary N) is 2. The van der Waals surface area contributed by atoms with Gasteiger partial charge in [0, 0.05) is 37.4 Å². The van der Waals surface area contributed by atoms with Crippen molar-refractivity contribution in [1.29, 1.82) is 0 Å². The highest BCUT2D eigenvalue weighted by atomic mass is 16.5. The van der Waals surface area contributed by atoms with Gasteiger partial charge in [0.05, 0.1) is 12.2 Å². The Hall–Kier alpha value is -2.38. The minimum atomic E-state index is 0.284. The monoisotopic (exact) mass is 376 g/mol. The molecule has 0 saturated heterocycles. The van der Waals surface area contributed by atoms with Crippen LogP contribution in [0.3, 0.4) is 0 Å². The summed E-state index contributed by atoms with van der Waals surface area (Å²) in [5, 5.41) is 14.8. The third-order valence-electron chi connectivity index (χ3n) is 4.21. The minimum Gasteiger partial charge on any atom is -0.361 e. The zero-order valence-corrected chi connectivity index (χ0v) is 17.1. The summed E-state index contributed by atoms with van der Waals surface area (Å²) in [4.78, 5) is 9.09. The second kappa shape index (κ2) is 10.7. The molecule has 0 aliphatic rings. The molecule has 0 aromatic carbocycles. The van der Waals surface area contributed by atoms with Crippen LogP contribution >= 0.6 is 0 Å². The molecule has 0 saturated carbocycles. The van der Waals surface area contributed by atoms with E-state index in [1.54, 1.807) is 0 Å². The molecular weight excluding hydrogens is 344 g/mol. The van der Waals surface area contributed by atoms with Gasteiger partial charge in [0.25, 0.3) is 0 Å². The van der Waals surface area contributed by atoms with E-state index in [2.05, 4.69) is 65.5 Å². The predicted octanol–water partition coefficient (Wildman–Crippen LogP) is 2.99. The number of hydrogen-bond acceptors (Lipinski definition) is 6. The maximum absolute atomic E-state index is 5.41. The van der Waals surface area contributed by atoms with Gasteiger partial charge in [-0.3, -0.25) is 0 Å². The fourth-order valence-electron chi connectivity index (χ4n) is 2.67. The van der Waals surface area contributed by atoms with E-state index in [1.807, 2.05) is 0 Å². The molecule has 0 aliphatic carbocycles. The summed E-state index contributed by atoms with van der Waals surface area (Å²) >= 11 is 0. The van der Waals surface area contributed by atoms with Crippen molar-refractivity contribution >= 4 is 5.96 Å². The van der Waals surface area contributed by atoms with Crippen LogP contribution in [0.15, 0.2) is 14.0 Å². The zero-order valence-electron chi connectivity index (χ0n) is 17.1. The van der Waals surface area contributed by atoms with Crippen LogP contribution in [0.4, 0.5) is 0 Å². The summed E-state index contributed by atoms with van der Waals surface area (Å²) in [5.74, 6) is 3.44. The second-order valence-corrected chi connectivity index (χ2v) is 6.66. The average Bonchev–Trinajstić information content (AvgIpc) is 3.29. The Bertz CT molecular complexity index is 698. The Labute approximate surface area is 161 Å². The van der Waals surface area contributed by atoms with Crippen LogP contribution in [0.5, 0.6) is 0 Å². The van der Waals surface area contributed by atoms with E-state index < -0.39 is 0 Å². The predicted molar refractivity (Wildman–Crippen MR) is 105 cm³/mol. The fourth-order valence-corrected chi connectivity index (χ4v) is 2.67. The first kappa shape index (κ1) is 20.9. The number of hydrogen-bond donors (Lipinski definition) is 2. The van der Waals surface area contributed by atoms with Gasteiger partial charge in [0.1, 0.15) is 5.76 Å². The number of nitrogens with zero attached hydrogens (tertiary/aromatic N) is 4. The van der Waals surface area contributed by atoms with Crippen LogP contribution in [-0.2, 0) is 25.8 Å². The Morgan fingerprint density at radius 3 is 2.52 bits per heavy atom. The van der Waals surface area contributed by atoms with Gasteiger partial charge in [-0.15, -0.1) is 0 Å². The third-order valence-corrected chi connectivity index (χ3v) is 4.21. The Morgan fingerprint density at radius 2 is 1.89 bits per heavy atom. The molecule has 150 valence electrons. The lowest BCUT2D eigenvalue weighted by Gasteiger charge is -2.10. The van der Waals surface area contributed by atoms with E-state index in [0.717, 1.165) is 67.6 Å². The normalized spacial score (nSPS) is 12.0. The molecule has 2 aromatic heterocycles. The molecule has 2 N–H and O–H groups in total. The molecule has 8 nitrogen and oxygen atoms in total. The fraction of sp³-hybridized carbons (Fsp3) is 0.684. The summed E-state index contributed by atoms with van der Waals surface area (Å²) in [6, 6.07) is 0. The molecule has 0 spiro atoms. The second-order valence-electron chi connectivity index (χ2n) is 6.66. The molecule has 0 fully saturated rings. The molecule has 2 rings (SSSR count). The van der Waals surface area contributed by atoms with Crippen molar-refractivity contribution in [3.63, 3.8) is 0 Å². The molecule has 27 heavy (non-hydrogen) atoms. The number of rotatable bonds is 10. The number of guanidine groups is 1. The molecule has 0 aliphatic heterocycles. The van der Waals surface area contributed by atoms with Crippen molar-refractivity contribution in [2.75, 3.05) is 13.1 Å². The third kappa shape index (κ3) is 6.08. The van der Waals surface area contributed by atoms with Crippen molar-refractivity contribution in [1.82, 2.24) is 25.9 Å². The van der Waals surface area contributed by atoms with Crippen LogP contribution in [0.2, 0.25) is 0 Å². The molecule has 0 bridgehead atoms. The number of aliphatic imine (C=N–C) groups is 1. The summed E-state index contributed by atoms with van der Waals surface area (Å²) in [5.41, 5.74) is 2.09. The van der Waals surface area contributed by atoms with Crippen molar-refractivity contribution < 1.29 is 9.05 Å². The SMILES string of the molecule is CCNC(=NCc1c(CC)noc1CC)NCCCc1nc(C(C)C)no1. The van der Waals surface area contributed by atoms with E-state index in [0.29, 0.717) is 12.4 Å². The van der Waals surface area contributed by atoms with E-state index >= 15 is 0 Å². The Kier molecular flexibility index (Phi) is 8.29. The Balaban J connectivity index is 1.87. The van der Waals surface area contributed by atoms with Gasteiger partial charge < -0.3 is 19.7 Å². The highest BCUT2D eigenvalue weighted by Crippen LogP contribution is 2.16. The Morgan fingerprint density at radius 1 is 1.07 bits per heavy atom. The summed E-state index contributed by atoms with van der Waals surface area (Å²) in [6.07, 6.45) is 3.31. The first-order valence-electron chi connectivity index (χ1n) is 9.89. The largest absolute Gasteiger partial charge is 0.361 e. The average molecular weight is 377 g/mol. The van der Waals surface area contributed by atoms with Crippen LogP contribution in [0.1, 0.15) is 75.7 Å². The quantitative estimate of drug-likeness (QED) is 0.373. The zero-order chi connectivity index (χ0) is 19.6. The number of aryl methyl sites for hydroxylation is 3. The highest BCUT2D eigenvalue weighted by molar-refractivity contribution is 5.79. The lowest BCUT2D eigenvalue weighted by atomic mass is 10.1. The first-order valence-corrected chi connectivity index (χ1v) is 9.89. The van der Waals surface area contributed by atoms with Gasteiger partial charge in [-0.1, -0.05) is 38.0 Å². The summed E-state index contributed by atoms with van der Waals surface area (Å²) in [6.45, 7) is 12.4. The smallest absolute Gasteiger partial charge is 0.226 e. The van der Waals surface area contributed by atoms with Gasteiger partial charge in [-0.2, -0.15) is 4.98 Å². The van der Waals surface area contributed by atoms with Crippen LogP contribution in [0, 0.1) is 0 Å². The maximum atomic E-state index is 5.41. The summed E-state index contributed by atoms with van der Waals surface area (Å²) in [7, 11) is 0. The van der Waals surface area contributed by atoms with E-state index in [4.69, 9.17) is 9.05 Å². The van der Waals surface area contributed by atoms with Crippen LogP contribution in [-0.4, -0.2) is 34.3 Å². The van der Waals surface area contributed by atoms with Gasteiger partial charge >= 0.3 is 0 Å². The van der Waals surface area contributed by atoms with Crippen LogP contribution in [0.25, 0.3) is 0 Å². The van der Waals surface area contributed by atoms with Gasteiger partial charge in [0.2, 0.25) is 5.89 Å². The van der Waals surface area contributed by atoms with E-state index in [9.17, 15) is 0 Å². The number of aromatic nitrogens is 3. The van der Waals surface area contributed by atoms with Crippen molar-refractivity contribution in [3.05, 3.63) is 28.7 Å². The highest BCUT2D eigenvalue weighted by Gasteiger charge is 2.13. The van der Waals surface area contributed by atoms with Gasteiger partial charge in [-0.25, -0.2) is 4.99 Å². The lowest BCUT2D eigenvalue weighted by molar-refractivity contribution is 0.368. The molecule has 0 radical (unpaired) electrons. The van der Waals surface area contributed by atoms with E-state index in [1.165, 1.54) is 0 Å². The first-order chi connectivity index (χ1) is 13.1. The maximum Gasteiger partial charge on any atom is 0.226 e. The van der Waals surface area contributed by atoms with Crippen molar-refractivity contribution in [2.45, 2.75) is 72.8 Å². The van der Waals surface area contributed by atoms with E-state index in [-0.39, 0.29) is 5.92 Å². The summed E-state index contributed by atoms with van der Waals surface area (Å²) < 4.78 is 10.7. The molecule has 0 atom stereocenters. The lowest BCUT2D eigenvalue weighted by Crippen LogP contribution is -2.37. The topological polar surface area (TPSA) is 101 Å². The molecule has 8 heteroatoms. The van der Waals surface area contributed by atoms with Crippen molar-refractivity contribution in [3.8, 4) is 0 Å². The molecule has 0 unspecified atom stereocenters. The minimum absolute atomic E-state index is 0.284. The van der Waals surface area contributed by atoms with Gasteiger partial charge in [-0.05, 0) is 19.8 Å². The molecular formula is C19H32N6O2. The molecule has 2 aromatic rings. The molecule has 0 amide bonds.